The summed E-state index contributed by atoms with van der Waals surface area (Å²) in [6.07, 6.45) is 1.92. The summed E-state index contributed by atoms with van der Waals surface area (Å²) >= 11 is 0. The average Bonchev–Trinajstić information content (AvgIpc) is 2.65. The molecule has 154 valence electrons. The van der Waals surface area contributed by atoms with Crippen LogP contribution in [0.15, 0.2) is 29.3 Å². The first-order valence-corrected chi connectivity index (χ1v) is 10.0. The molecule has 0 aliphatic carbocycles. The van der Waals surface area contributed by atoms with Crippen LogP contribution in [0.5, 0.6) is 0 Å². The maximum atomic E-state index is 9.27. The van der Waals surface area contributed by atoms with Crippen molar-refractivity contribution in [2.24, 2.45) is 16.8 Å². The Kier molecular flexibility index (Phi) is 12.3. The molecule has 0 spiro atoms. The quantitative estimate of drug-likeness (QED) is 0.241. The van der Waals surface area contributed by atoms with E-state index in [1.165, 1.54) is 5.56 Å². The van der Waals surface area contributed by atoms with Gasteiger partial charge in [0.2, 0.25) is 0 Å². The maximum absolute atomic E-state index is 9.27. The molecule has 0 saturated heterocycles. The zero-order valence-electron chi connectivity index (χ0n) is 17.4. The van der Waals surface area contributed by atoms with Crippen LogP contribution in [0.25, 0.3) is 0 Å². The molecule has 1 rings (SSSR count). The normalized spacial score (nSPS) is 12.9. The maximum Gasteiger partial charge on any atom is 0.191 e. The molecule has 0 bridgehead atoms. The lowest BCUT2D eigenvalue weighted by Crippen LogP contribution is -2.40. The van der Waals surface area contributed by atoms with Crippen molar-refractivity contribution in [3.05, 3.63) is 29.8 Å². The van der Waals surface area contributed by atoms with Crippen molar-refractivity contribution >= 4 is 11.6 Å². The van der Waals surface area contributed by atoms with Crippen molar-refractivity contribution in [3.8, 4) is 0 Å². The van der Waals surface area contributed by atoms with Crippen molar-refractivity contribution in [2.75, 3.05) is 45.3 Å². The molecule has 4 N–H and O–H groups in total. The van der Waals surface area contributed by atoms with E-state index >= 15 is 0 Å². The standard InChI is InChI=1S/C21H38N4O2/c1-5-22-21(25-16-19(10-12-26)14-17(2)3)24-15-18-6-8-20(9-7-18)23-11-13-27-4/h6-9,17,19,23,26H,5,10-16H2,1-4H3,(H2,22,24,25). The van der Waals surface area contributed by atoms with Crippen molar-refractivity contribution < 1.29 is 9.84 Å². The van der Waals surface area contributed by atoms with Crippen LogP contribution in [0.3, 0.4) is 0 Å². The number of ether oxygens (including phenoxy) is 1. The minimum atomic E-state index is 0.234. The van der Waals surface area contributed by atoms with Gasteiger partial charge in [0.1, 0.15) is 0 Å². The lowest BCUT2D eigenvalue weighted by Gasteiger charge is -2.20. The molecule has 0 fully saturated rings. The summed E-state index contributed by atoms with van der Waals surface area (Å²) < 4.78 is 5.04. The highest BCUT2D eigenvalue weighted by Gasteiger charge is 2.11. The van der Waals surface area contributed by atoms with E-state index in [0.717, 1.165) is 44.1 Å². The minimum absolute atomic E-state index is 0.234. The zero-order valence-corrected chi connectivity index (χ0v) is 17.4. The molecule has 0 aliphatic rings. The Balaban J connectivity index is 2.56. The third-order valence-corrected chi connectivity index (χ3v) is 4.25. The fourth-order valence-corrected chi connectivity index (χ4v) is 2.93. The Morgan fingerprint density at radius 3 is 2.52 bits per heavy atom. The third-order valence-electron chi connectivity index (χ3n) is 4.25. The molecule has 0 amide bonds. The molecule has 1 atom stereocenters. The molecule has 1 aromatic carbocycles. The molecule has 6 heteroatoms. The van der Waals surface area contributed by atoms with E-state index in [-0.39, 0.29) is 6.61 Å². The van der Waals surface area contributed by atoms with Crippen LogP contribution in [0.1, 0.15) is 39.2 Å². The predicted molar refractivity (Wildman–Crippen MR) is 114 cm³/mol. The monoisotopic (exact) mass is 378 g/mol. The number of rotatable bonds is 13. The number of aliphatic hydroxyl groups excluding tert-OH is 1. The van der Waals surface area contributed by atoms with Gasteiger partial charge in [-0.25, -0.2) is 4.99 Å². The second kappa shape index (κ2) is 14.3. The summed E-state index contributed by atoms with van der Waals surface area (Å²) in [5.74, 6) is 1.90. The molecule has 27 heavy (non-hydrogen) atoms. The van der Waals surface area contributed by atoms with Crippen LogP contribution in [0, 0.1) is 11.8 Å². The topological polar surface area (TPSA) is 77.9 Å². The highest BCUT2D eigenvalue weighted by Crippen LogP contribution is 2.14. The molecule has 0 aliphatic heterocycles. The van der Waals surface area contributed by atoms with Gasteiger partial charge in [0.25, 0.3) is 0 Å². The van der Waals surface area contributed by atoms with Crippen molar-refractivity contribution in [3.63, 3.8) is 0 Å². The smallest absolute Gasteiger partial charge is 0.191 e. The lowest BCUT2D eigenvalue weighted by atomic mass is 9.94. The Bertz CT molecular complexity index is 517. The Morgan fingerprint density at radius 1 is 1.19 bits per heavy atom. The van der Waals surface area contributed by atoms with Crippen molar-refractivity contribution in [1.82, 2.24) is 10.6 Å². The molecule has 0 radical (unpaired) electrons. The van der Waals surface area contributed by atoms with Crippen molar-refractivity contribution in [1.29, 1.82) is 0 Å². The number of anilines is 1. The number of methoxy groups -OCH3 is 1. The summed E-state index contributed by atoms with van der Waals surface area (Å²) in [5.41, 5.74) is 2.25. The van der Waals surface area contributed by atoms with E-state index < -0.39 is 0 Å². The molecular formula is C21H38N4O2. The largest absolute Gasteiger partial charge is 0.396 e. The number of aliphatic hydroxyl groups is 1. The summed E-state index contributed by atoms with van der Waals surface area (Å²) in [5, 5.41) is 19.3. The Hall–Kier alpha value is -1.79. The van der Waals surface area contributed by atoms with Gasteiger partial charge in [-0.3, -0.25) is 0 Å². The summed E-state index contributed by atoms with van der Waals surface area (Å²) in [4.78, 5) is 4.69. The molecule has 6 nitrogen and oxygen atoms in total. The summed E-state index contributed by atoms with van der Waals surface area (Å²) in [6, 6.07) is 8.33. The Morgan fingerprint density at radius 2 is 1.93 bits per heavy atom. The molecular weight excluding hydrogens is 340 g/mol. The van der Waals surface area contributed by atoms with E-state index in [9.17, 15) is 5.11 Å². The number of hydrogen-bond acceptors (Lipinski definition) is 4. The molecule has 0 saturated carbocycles. The van der Waals surface area contributed by atoms with Crippen LogP contribution in [-0.2, 0) is 11.3 Å². The fourth-order valence-electron chi connectivity index (χ4n) is 2.93. The highest BCUT2D eigenvalue weighted by molar-refractivity contribution is 5.79. The first kappa shape index (κ1) is 23.2. The Labute approximate surface area is 164 Å². The van der Waals surface area contributed by atoms with Gasteiger partial charge in [-0.2, -0.15) is 0 Å². The summed E-state index contributed by atoms with van der Waals surface area (Å²) in [7, 11) is 1.70. The van der Waals surface area contributed by atoms with Gasteiger partial charge in [-0.1, -0.05) is 26.0 Å². The fraction of sp³-hybridized carbons (Fsp3) is 0.667. The average molecular weight is 379 g/mol. The van der Waals surface area contributed by atoms with Crippen LogP contribution in [0.2, 0.25) is 0 Å². The van der Waals surface area contributed by atoms with Crippen LogP contribution < -0.4 is 16.0 Å². The van der Waals surface area contributed by atoms with Gasteiger partial charge in [0.15, 0.2) is 5.96 Å². The number of guanidine groups is 1. The van der Waals surface area contributed by atoms with Gasteiger partial charge in [-0.05, 0) is 49.3 Å². The second-order valence-corrected chi connectivity index (χ2v) is 7.20. The first-order chi connectivity index (χ1) is 13.1. The van der Waals surface area contributed by atoms with Gasteiger partial charge >= 0.3 is 0 Å². The van der Waals surface area contributed by atoms with Gasteiger partial charge in [-0.15, -0.1) is 0 Å². The highest BCUT2D eigenvalue weighted by atomic mass is 16.5. The number of hydrogen-bond donors (Lipinski definition) is 4. The van der Waals surface area contributed by atoms with Crippen molar-refractivity contribution in [2.45, 2.75) is 40.2 Å². The molecule has 0 aromatic heterocycles. The molecule has 1 aromatic rings. The number of aliphatic imine (C=N–C) groups is 1. The predicted octanol–water partition coefficient (Wildman–Crippen LogP) is 2.84. The molecule has 1 unspecified atom stereocenters. The number of benzene rings is 1. The van der Waals surface area contributed by atoms with Crippen LogP contribution in [0.4, 0.5) is 5.69 Å². The lowest BCUT2D eigenvalue weighted by molar-refractivity contribution is 0.211. The number of nitrogens with zero attached hydrogens (tertiary/aromatic N) is 1. The van der Waals surface area contributed by atoms with E-state index in [1.54, 1.807) is 7.11 Å². The zero-order chi connectivity index (χ0) is 19.9. The van der Waals surface area contributed by atoms with Gasteiger partial charge < -0.3 is 25.8 Å². The van der Waals surface area contributed by atoms with Gasteiger partial charge in [0.05, 0.1) is 13.2 Å². The van der Waals surface area contributed by atoms with E-state index in [0.29, 0.717) is 25.0 Å². The molecule has 0 heterocycles. The second-order valence-electron chi connectivity index (χ2n) is 7.20. The van der Waals surface area contributed by atoms with E-state index in [4.69, 9.17) is 9.73 Å². The van der Waals surface area contributed by atoms with Gasteiger partial charge in [0, 0.05) is 39.0 Å². The SMILES string of the molecule is CCNC(=NCc1ccc(NCCOC)cc1)NCC(CCO)CC(C)C. The minimum Gasteiger partial charge on any atom is -0.396 e. The first-order valence-electron chi connectivity index (χ1n) is 10.0. The van der Waals surface area contributed by atoms with Crippen LogP contribution in [-0.4, -0.2) is 51.0 Å². The van der Waals surface area contributed by atoms with E-state index in [1.807, 2.05) is 0 Å². The van der Waals surface area contributed by atoms with Crippen LogP contribution >= 0.6 is 0 Å². The summed E-state index contributed by atoms with van der Waals surface area (Å²) in [6.45, 7) is 10.5. The number of nitrogens with one attached hydrogen (secondary N) is 3. The third kappa shape index (κ3) is 10.8. The van der Waals surface area contributed by atoms with E-state index in [2.05, 4.69) is 61.0 Å².